The first-order chi connectivity index (χ1) is 15.1. The third kappa shape index (κ3) is 4.04. The molecule has 0 atom stereocenters. The molecule has 2 aliphatic rings. The van der Waals surface area contributed by atoms with Crippen LogP contribution in [0, 0.1) is 0 Å². The number of rotatable bonds is 4. The highest BCUT2D eigenvalue weighted by Gasteiger charge is 2.33. The summed E-state index contributed by atoms with van der Waals surface area (Å²) in [7, 11) is 0. The zero-order chi connectivity index (χ0) is 21.4. The van der Waals surface area contributed by atoms with Crippen molar-refractivity contribution in [2.24, 2.45) is 0 Å². The van der Waals surface area contributed by atoms with E-state index in [4.69, 9.17) is 32.7 Å². The number of halogens is 2. The van der Waals surface area contributed by atoms with E-state index in [1.54, 1.807) is 30.6 Å². The maximum absolute atomic E-state index is 12.9. The van der Waals surface area contributed by atoms with Crippen LogP contribution in [0.25, 0.3) is 6.08 Å². The average Bonchev–Trinajstić information content (AvgIpc) is 3.09. The number of nitrogens with zero attached hydrogens (tertiary/aromatic N) is 2. The number of benzene rings is 2. The van der Waals surface area contributed by atoms with Crippen LogP contribution in [-0.4, -0.2) is 28.9 Å². The molecule has 2 aliphatic heterocycles. The van der Waals surface area contributed by atoms with Gasteiger partial charge in [0.1, 0.15) is 18.2 Å². The topological polar surface area (TPSA) is 51.7 Å². The van der Waals surface area contributed by atoms with Gasteiger partial charge in [-0.05, 0) is 54.0 Å². The molecule has 0 unspecified atom stereocenters. The molecule has 0 amide bonds. The average molecular weight is 453 g/mol. The van der Waals surface area contributed by atoms with E-state index in [1.807, 2.05) is 30.3 Å². The highest BCUT2D eigenvalue weighted by atomic mass is 35.5. The van der Waals surface area contributed by atoms with E-state index in [1.165, 1.54) is 0 Å². The standard InChI is InChI=1S/C24H18Cl2N2O3/c25-17-4-3-16(20(26)11-17)7-9-28-13-19-21(30-14-28)6-5-18-23(29)22(31-24(18)19)10-15-2-1-8-27-12-15/h1-6,8,10-12H,7,9,13-14H2/b22-10-. The summed E-state index contributed by atoms with van der Waals surface area (Å²) in [4.78, 5) is 19.1. The summed E-state index contributed by atoms with van der Waals surface area (Å²) in [5, 5.41) is 1.28. The molecule has 0 saturated heterocycles. The number of ketones is 1. The molecule has 0 spiro atoms. The van der Waals surface area contributed by atoms with Gasteiger partial charge < -0.3 is 9.47 Å². The van der Waals surface area contributed by atoms with Gasteiger partial charge in [0.15, 0.2) is 5.76 Å². The van der Waals surface area contributed by atoms with Crippen molar-refractivity contribution in [3.8, 4) is 11.5 Å². The fraction of sp³-hybridized carbons (Fsp3) is 0.167. The van der Waals surface area contributed by atoms with Gasteiger partial charge in [0.05, 0.1) is 11.1 Å². The van der Waals surface area contributed by atoms with Gasteiger partial charge in [-0.15, -0.1) is 0 Å². The van der Waals surface area contributed by atoms with E-state index >= 15 is 0 Å². The maximum atomic E-state index is 12.9. The van der Waals surface area contributed by atoms with Crippen LogP contribution in [0.3, 0.4) is 0 Å². The number of carbonyl (C=O) groups excluding carboxylic acids is 1. The molecule has 0 aliphatic carbocycles. The number of hydrogen-bond acceptors (Lipinski definition) is 5. The van der Waals surface area contributed by atoms with Crippen LogP contribution in [0.1, 0.15) is 27.0 Å². The molecule has 2 aromatic carbocycles. The van der Waals surface area contributed by atoms with Gasteiger partial charge >= 0.3 is 0 Å². The van der Waals surface area contributed by atoms with Crippen molar-refractivity contribution in [3.05, 3.63) is 92.9 Å². The SMILES string of the molecule is O=C1/C(=C/c2cccnc2)Oc2c1ccc1c2CN(CCc2ccc(Cl)cc2Cl)CO1. The van der Waals surface area contributed by atoms with Crippen molar-refractivity contribution in [2.75, 3.05) is 13.3 Å². The quantitative estimate of drug-likeness (QED) is 0.496. The normalized spacial score (nSPS) is 16.6. The van der Waals surface area contributed by atoms with E-state index in [0.717, 1.165) is 35.4 Å². The minimum Gasteiger partial charge on any atom is -0.478 e. The minimum atomic E-state index is -0.133. The van der Waals surface area contributed by atoms with Crippen LogP contribution in [0.4, 0.5) is 0 Å². The lowest BCUT2D eigenvalue weighted by atomic mass is 10.0. The van der Waals surface area contributed by atoms with Crippen LogP contribution in [0.2, 0.25) is 10.0 Å². The molecular weight excluding hydrogens is 435 g/mol. The predicted octanol–water partition coefficient (Wildman–Crippen LogP) is 5.40. The van der Waals surface area contributed by atoms with Crippen LogP contribution >= 0.6 is 23.2 Å². The highest BCUT2D eigenvalue weighted by Crippen LogP contribution is 2.42. The first kappa shape index (κ1) is 20.1. The molecule has 1 aromatic heterocycles. The third-order valence-electron chi connectivity index (χ3n) is 5.38. The van der Waals surface area contributed by atoms with E-state index < -0.39 is 0 Å². The van der Waals surface area contributed by atoms with E-state index in [9.17, 15) is 4.79 Å². The zero-order valence-electron chi connectivity index (χ0n) is 16.5. The Bertz CT molecular complexity index is 1190. The zero-order valence-corrected chi connectivity index (χ0v) is 18.0. The van der Waals surface area contributed by atoms with Gasteiger partial charge in [0.25, 0.3) is 0 Å². The highest BCUT2D eigenvalue weighted by molar-refractivity contribution is 6.35. The van der Waals surface area contributed by atoms with Gasteiger partial charge in [-0.25, -0.2) is 0 Å². The Morgan fingerprint density at radius 1 is 1.16 bits per heavy atom. The number of Topliss-reactive ketones (excluding diaryl/α,β-unsaturated/α-hetero) is 1. The Hall–Kier alpha value is -2.86. The Morgan fingerprint density at radius 2 is 2.06 bits per heavy atom. The van der Waals surface area contributed by atoms with E-state index in [0.29, 0.717) is 40.4 Å². The number of aromatic nitrogens is 1. The van der Waals surface area contributed by atoms with Crippen LogP contribution in [0.5, 0.6) is 11.5 Å². The van der Waals surface area contributed by atoms with E-state index in [2.05, 4.69) is 9.88 Å². The monoisotopic (exact) mass is 452 g/mol. The molecule has 5 nitrogen and oxygen atoms in total. The molecule has 3 heterocycles. The van der Waals surface area contributed by atoms with E-state index in [-0.39, 0.29) is 5.78 Å². The second kappa shape index (κ2) is 8.35. The summed E-state index contributed by atoms with van der Waals surface area (Å²) in [5.41, 5.74) is 3.28. The Morgan fingerprint density at radius 3 is 2.87 bits per heavy atom. The second-order valence-electron chi connectivity index (χ2n) is 7.46. The van der Waals surface area contributed by atoms with Gasteiger partial charge in [-0.3, -0.25) is 14.7 Å². The predicted molar refractivity (Wildman–Crippen MR) is 120 cm³/mol. The lowest BCUT2D eigenvalue weighted by molar-refractivity contribution is 0.0950. The van der Waals surface area contributed by atoms with Crippen LogP contribution in [-0.2, 0) is 13.0 Å². The van der Waals surface area contributed by atoms with Crippen molar-refractivity contribution >= 4 is 35.1 Å². The molecule has 0 bridgehead atoms. The summed E-state index contributed by atoms with van der Waals surface area (Å²) in [5.74, 6) is 1.48. The van der Waals surface area contributed by atoms with Gasteiger partial charge in [-0.2, -0.15) is 0 Å². The summed E-state index contributed by atoms with van der Waals surface area (Å²) in [6.07, 6.45) is 5.85. The fourth-order valence-corrected chi connectivity index (χ4v) is 4.27. The molecule has 5 rings (SSSR count). The number of fused-ring (bicyclic) bond motifs is 3. The third-order valence-corrected chi connectivity index (χ3v) is 5.96. The Kier molecular flexibility index (Phi) is 5.40. The number of pyridine rings is 1. The molecule has 0 radical (unpaired) electrons. The summed E-state index contributed by atoms with van der Waals surface area (Å²) in [6, 6.07) is 12.8. The number of hydrogen-bond donors (Lipinski definition) is 0. The maximum Gasteiger partial charge on any atom is 0.231 e. The van der Waals surface area contributed by atoms with Gasteiger partial charge in [-0.1, -0.05) is 35.3 Å². The summed E-state index contributed by atoms with van der Waals surface area (Å²) in [6.45, 7) is 1.83. The number of allylic oxidation sites excluding steroid dienone is 1. The van der Waals surface area contributed by atoms with Crippen molar-refractivity contribution in [3.63, 3.8) is 0 Å². The lowest BCUT2D eigenvalue weighted by Gasteiger charge is -2.29. The molecule has 3 aromatic rings. The summed E-state index contributed by atoms with van der Waals surface area (Å²) < 4.78 is 11.9. The molecule has 0 N–H and O–H groups in total. The Labute approximate surface area is 189 Å². The van der Waals surface area contributed by atoms with Gasteiger partial charge in [0, 0.05) is 35.5 Å². The first-order valence-electron chi connectivity index (χ1n) is 9.88. The first-order valence-corrected chi connectivity index (χ1v) is 10.6. The minimum absolute atomic E-state index is 0.133. The Balaban J connectivity index is 1.36. The molecule has 0 fully saturated rings. The summed E-state index contributed by atoms with van der Waals surface area (Å²) >= 11 is 12.3. The molecule has 7 heteroatoms. The fourth-order valence-electron chi connectivity index (χ4n) is 3.76. The van der Waals surface area contributed by atoms with Crippen molar-refractivity contribution < 1.29 is 14.3 Å². The van der Waals surface area contributed by atoms with Crippen molar-refractivity contribution in [1.29, 1.82) is 0 Å². The second-order valence-corrected chi connectivity index (χ2v) is 8.30. The number of ether oxygens (including phenoxy) is 2. The van der Waals surface area contributed by atoms with Crippen LogP contribution < -0.4 is 9.47 Å². The molecule has 156 valence electrons. The van der Waals surface area contributed by atoms with Crippen molar-refractivity contribution in [2.45, 2.75) is 13.0 Å². The number of carbonyl (C=O) groups is 1. The van der Waals surface area contributed by atoms with Gasteiger partial charge in [0.2, 0.25) is 5.78 Å². The largest absolute Gasteiger partial charge is 0.478 e. The lowest BCUT2D eigenvalue weighted by Crippen LogP contribution is -2.33. The molecular formula is C24H18Cl2N2O3. The van der Waals surface area contributed by atoms with Crippen molar-refractivity contribution in [1.82, 2.24) is 9.88 Å². The van der Waals surface area contributed by atoms with Crippen LogP contribution in [0.15, 0.2) is 60.6 Å². The molecule has 0 saturated carbocycles. The molecule has 31 heavy (non-hydrogen) atoms. The smallest absolute Gasteiger partial charge is 0.231 e.